The molecule has 0 saturated heterocycles. The molecule has 0 aliphatic heterocycles. The Morgan fingerprint density at radius 1 is 0.886 bits per heavy atom. The van der Waals surface area contributed by atoms with Crippen LogP contribution in [0.2, 0.25) is 0 Å². The summed E-state index contributed by atoms with van der Waals surface area (Å²) in [5.74, 6) is -0.770. The summed E-state index contributed by atoms with van der Waals surface area (Å²) in [4.78, 5) is 27.9. The molecular weight excluding hydrogens is 462 g/mol. The number of carbonyl (C=O) groups is 2. The molecular formula is C27H31N3O4S. The standard InChI is InChI=1S/C27H31N3O4S/c1-4-25(27(32)28-3)29(19-22-11-7-5-8-12-22)26(31)20-30(23-13-9-6-10-14-23)35(33,34)24-17-15-21(2)16-18-24/h5-18,25H,4,19-20H2,1-3H3,(H,28,32)/t25-/m0/s1. The lowest BCUT2D eigenvalue weighted by Crippen LogP contribution is -2.51. The van der Waals surface area contributed by atoms with E-state index in [0.29, 0.717) is 12.1 Å². The maximum absolute atomic E-state index is 13.7. The lowest BCUT2D eigenvalue weighted by atomic mass is 10.1. The van der Waals surface area contributed by atoms with Gasteiger partial charge in [0.25, 0.3) is 10.0 Å². The molecule has 3 aromatic carbocycles. The fourth-order valence-corrected chi connectivity index (χ4v) is 5.24. The van der Waals surface area contributed by atoms with Crippen LogP contribution in [0.1, 0.15) is 24.5 Å². The van der Waals surface area contributed by atoms with Crippen molar-refractivity contribution in [2.75, 3.05) is 17.9 Å². The molecule has 0 aliphatic carbocycles. The summed E-state index contributed by atoms with van der Waals surface area (Å²) < 4.78 is 28.4. The number of carbonyl (C=O) groups excluding carboxylic acids is 2. The summed E-state index contributed by atoms with van der Waals surface area (Å²) in [6.45, 7) is 3.43. The number of para-hydroxylation sites is 1. The molecule has 3 aromatic rings. The van der Waals surface area contributed by atoms with Gasteiger partial charge in [-0.15, -0.1) is 0 Å². The third-order valence-electron chi connectivity index (χ3n) is 5.76. The number of nitrogens with zero attached hydrogens (tertiary/aromatic N) is 2. The van der Waals surface area contributed by atoms with E-state index in [2.05, 4.69) is 5.32 Å². The zero-order valence-electron chi connectivity index (χ0n) is 20.2. The monoisotopic (exact) mass is 493 g/mol. The molecule has 184 valence electrons. The Hall–Kier alpha value is -3.65. The van der Waals surface area contributed by atoms with Gasteiger partial charge in [-0.2, -0.15) is 0 Å². The van der Waals surface area contributed by atoms with E-state index in [1.54, 1.807) is 42.5 Å². The predicted octanol–water partition coefficient (Wildman–Crippen LogP) is 3.74. The maximum atomic E-state index is 13.7. The number of aryl methyl sites for hydroxylation is 1. The van der Waals surface area contributed by atoms with Gasteiger partial charge in [0, 0.05) is 13.6 Å². The third kappa shape index (κ3) is 6.27. The number of benzene rings is 3. The number of amides is 2. The second-order valence-electron chi connectivity index (χ2n) is 8.21. The van der Waals surface area contributed by atoms with Gasteiger partial charge < -0.3 is 10.2 Å². The second kappa shape index (κ2) is 11.7. The van der Waals surface area contributed by atoms with Crippen molar-refractivity contribution in [3.05, 3.63) is 96.1 Å². The molecule has 2 amide bonds. The van der Waals surface area contributed by atoms with Crippen molar-refractivity contribution in [2.45, 2.75) is 37.8 Å². The highest BCUT2D eigenvalue weighted by atomic mass is 32.2. The van der Waals surface area contributed by atoms with Crippen LogP contribution in [0.5, 0.6) is 0 Å². The van der Waals surface area contributed by atoms with Crippen LogP contribution >= 0.6 is 0 Å². The highest BCUT2D eigenvalue weighted by Gasteiger charge is 2.33. The first kappa shape index (κ1) is 26.0. The quantitative estimate of drug-likeness (QED) is 0.466. The fourth-order valence-electron chi connectivity index (χ4n) is 3.83. The molecule has 0 aliphatic rings. The van der Waals surface area contributed by atoms with Crippen LogP contribution in [0.15, 0.2) is 89.8 Å². The molecule has 8 heteroatoms. The van der Waals surface area contributed by atoms with Crippen molar-refractivity contribution in [1.82, 2.24) is 10.2 Å². The van der Waals surface area contributed by atoms with Gasteiger partial charge in [-0.05, 0) is 43.2 Å². The van der Waals surface area contributed by atoms with E-state index in [0.717, 1.165) is 15.4 Å². The molecule has 0 fully saturated rings. The van der Waals surface area contributed by atoms with Crippen LogP contribution in [0, 0.1) is 6.92 Å². The summed E-state index contributed by atoms with van der Waals surface area (Å²) in [7, 11) is -2.52. The Labute approximate surface area is 207 Å². The topological polar surface area (TPSA) is 86.8 Å². The minimum Gasteiger partial charge on any atom is -0.357 e. The molecule has 0 saturated carbocycles. The molecule has 0 spiro atoms. The number of nitrogens with one attached hydrogen (secondary N) is 1. The molecule has 7 nitrogen and oxygen atoms in total. The van der Waals surface area contributed by atoms with Gasteiger partial charge in [0.05, 0.1) is 10.6 Å². The predicted molar refractivity (Wildman–Crippen MR) is 137 cm³/mol. The van der Waals surface area contributed by atoms with Gasteiger partial charge in [0.2, 0.25) is 11.8 Å². The first-order valence-corrected chi connectivity index (χ1v) is 12.9. The van der Waals surface area contributed by atoms with Crippen LogP contribution in [0.4, 0.5) is 5.69 Å². The van der Waals surface area contributed by atoms with Crippen LogP contribution in [0.3, 0.4) is 0 Å². The number of rotatable bonds is 10. The van der Waals surface area contributed by atoms with Gasteiger partial charge in [-0.1, -0.05) is 73.2 Å². The Morgan fingerprint density at radius 2 is 1.46 bits per heavy atom. The van der Waals surface area contributed by atoms with Crippen LogP contribution in [-0.2, 0) is 26.2 Å². The Morgan fingerprint density at radius 3 is 2.00 bits per heavy atom. The number of sulfonamides is 1. The average molecular weight is 494 g/mol. The van der Waals surface area contributed by atoms with Crippen LogP contribution < -0.4 is 9.62 Å². The van der Waals surface area contributed by atoms with Crippen molar-refractivity contribution < 1.29 is 18.0 Å². The first-order chi connectivity index (χ1) is 16.8. The largest absolute Gasteiger partial charge is 0.357 e. The summed E-state index contributed by atoms with van der Waals surface area (Å²) in [5.41, 5.74) is 2.14. The minimum absolute atomic E-state index is 0.0905. The zero-order chi connectivity index (χ0) is 25.4. The second-order valence-corrected chi connectivity index (χ2v) is 10.1. The zero-order valence-corrected chi connectivity index (χ0v) is 21.0. The highest BCUT2D eigenvalue weighted by molar-refractivity contribution is 7.92. The fraction of sp³-hybridized carbons (Fsp3) is 0.259. The minimum atomic E-state index is -4.05. The number of hydrogen-bond donors (Lipinski definition) is 1. The normalized spacial score (nSPS) is 12.0. The van der Waals surface area contributed by atoms with Crippen molar-refractivity contribution in [2.24, 2.45) is 0 Å². The van der Waals surface area contributed by atoms with Gasteiger partial charge in [-0.25, -0.2) is 8.42 Å². The van der Waals surface area contributed by atoms with Gasteiger partial charge in [0.15, 0.2) is 0 Å². The van der Waals surface area contributed by atoms with Crippen molar-refractivity contribution in [3.63, 3.8) is 0 Å². The molecule has 0 bridgehead atoms. The molecule has 0 heterocycles. The summed E-state index contributed by atoms with van der Waals surface area (Å²) in [5, 5.41) is 2.62. The van der Waals surface area contributed by atoms with E-state index >= 15 is 0 Å². The van der Waals surface area contributed by atoms with E-state index in [1.807, 2.05) is 44.2 Å². The van der Waals surface area contributed by atoms with Crippen LogP contribution in [-0.4, -0.2) is 44.8 Å². The third-order valence-corrected chi connectivity index (χ3v) is 7.55. The van der Waals surface area contributed by atoms with Gasteiger partial charge in [0.1, 0.15) is 12.6 Å². The van der Waals surface area contributed by atoms with E-state index in [9.17, 15) is 18.0 Å². The number of likely N-dealkylation sites (N-methyl/N-ethyl adjacent to an activating group) is 1. The summed E-state index contributed by atoms with van der Waals surface area (Å²) in [6.07, 6.45) is 0.383. The maximum Gasteiger partial charge on any atom is 0.264 e. The molecule has 3 rings (SSSR count). The Balaban J connectivity index is 2.02. The SMILES string of the molecule is CC[C@@H](C(=O)NC)N(Cc1ccccc1)C(=O)CN(c1ccccc1)S(=O)(=O)c1ccc(C)cc1. The average Bonchev–Trinajstić information content (AvgIpc) is 2.88. The van der Waals surface area contributed by atoms with Gasteiger partial charge in [-0.3, -0.25) is 13.9 Å². The summed E-state index contributed by atoms with van der Waals surface area (Å²) >= 11 is 0. The van der Waals surface area contributed by atoms with Crippen molar-refractivity contribution in [1.29, 1.82) is 0 Å². The Bertz CT molecular complexity index is 1230. The van der Waals surface area contributed by atoms with E-state index in [1.165, 1.54) is 24.1 Å². The lowest BCUT2D eigenvalue weighted by Gasteiger charge is -2.33. The molecule has 35 heavy (non-hydrogen) atoms. The Kier molecular flexibility index (Phi) is 8.65. The number of anilines is 1. The smallest absolute Gasteiger partial charge is 0.264 e. The van der Waals surface area contributed by atoms with Crippen LogP contribution in [0.25, 0.3) is 0 Å². The lowest BCUT2D eigenvalue weighted by molar-refractivity contribution is -0.140. The number of hydrogen-bond acceptors (Lipinski definition) is 4. The summed E-state index contributed by atoms with van der Waals surface area (Å²) in [6, 6.07) is 23.6. The molecule has 0 aromatic heterocycles. The molecule has 0 radical (unpaired) electrons. The molecule has 0 unspecified atom stereocenters. The highest BCUT2D eigenvalue weighted by Crippen LogP contribution is 2.25. The van der Waals surface area contributed by atoms with Gasteiger partial charge >= 0.3 is 0 Å². The molecule has 1 N–H and O–H groups in total. The van der Waals surface area contributed by atoms with E-state index in [4.69, 9.17) is 0 Å². The van der Waals surface area contributed by atoms with E-state index < -0.39 is 28.5 Å². The van der Waals surface area contributed by atoms with Crippen molar-refractivity contribution in [3.8, 4) is 0 Å². The first-order valence-electron chi connectivity index (χ1n) is 11.5. The van der Waals surface area contributed by atoms with E-state index in [-0.39, 0.29) is 17.3 Å². The van der Waals surface area contributed by atoms with Crippen molar-refractivity contribution >= 4 is 27.5 Å². The molecule has 1 atom stereocenters.